The molecule has 98 valence electrons. The van der Waals surface area contributed by atoms with Crippen molar-refractivity contribution in [2.24, 2.45) is 0 Å². The first-order valence-corrected chi connectivity index (χ1v) is 6.11. The van der Waals surface area contributed by atoms with E-state index in [0.717, 1.165) is 4.90 Å². The van der Waals surface area contributed by atoms with Crippen molar-refractivity contribution in [1.29, 1.82) is 0 Å². The summed E-state index contributed by atoms with van der Waals surface area (Å²) in [5.74, 6) is -1.72. The van der Waals surface area contributed by atoms with Gasteiger partial charge in [-0.05, 0) is 25.1 Å². The molecule has 0 bridgehead atoms. The number of amides is 1. The molecule has 1 rings (SSSR count). The number of benzene rings is 1. The first-order valence-electron chi connectivity index (χ1n) is 5.31. The number of hydrogen-bond acceptors (Lipinski definition) is 3. The number of likely N-dealkylation sites (N-methyl/N-ethyl adjacent to an activating group) is 1. The van der Waals surface area contributed by atoms with Crippen molar-refractivity contribution < 1.29 is 18.7 Å². The summed E-state index contributed by atoms with van der Waals surface area (Å²) < 4.78 is 18.8. The lowest BCUT2D eigenvalue weighted by Gasteiger charge is -2.16. The molecule has 0 N–H and O–H groups in total. The average molecular weight is 318 g/mol. The van der Waals surface area contributed by atoms with E-state index in [1.165, 1.54) is 19.2 Å². The summed E-state index contributed by atoms with van der Waals surface area (Å²) in [6, 6.07) is 4.13. The lowest BCUT2D eigenvalue weighted by atomic mass is 10.2. The van der Waals surface area contributed by atoms with Crippen molar-refractivity contribution in [3.63, 3.8) is 0 Å². The highest BCUT2D eigenvalue weighted by Gasteiger charge is 2.18. The second-order valence-corrected chi connectivity index (χ2v) is 4.51. The Morgan fingerprint density at radius 3 is 2.67 bits per heavy atom. The average Bonchev–Trinajstić information content (AvgIpc) is 2.28. The van der Waals surface area contributed by atoms with E-state index >= 15 is 0 Å². The van der Waals surface area contributed by atoms with E-state index in [1.54, 1.807) is 13.0 Å². The van der Waals surface area contributed by atoms with Gasteiger partial charge in [-0.15, -0.1) is 0 Å². The summed E-state index contributed by atoms with van der Waals surface area (Å²) in [5, 5.41) is 0. The molecule has 0 saturated carbocycles. The second-order valence-electron chi connectivity index (χ2n) is 3.59. The quantitative estimate of drug-likeness (QED) is 0.800. The molecule has 0 aliphatic carbocycles. The zero-order valence-electron chi connectivity index (χ0n) is 10.1. The van der Waals surface area contributed by atoms with Gasteiger partial charge in [0.05, 0.1) is 12.2 Å². The Morgan fingerprint density at radius 2 is 2.11 bits per heavy atom. The standard InChI is InChI=1S/C12H13BrFNO3/c1-3-18-11(16)7-15(2)12(17)9-5-4-8(13)6-10(9)14/h4-6H,3,7H2,1-2H3. The topological polar surface area (TPSA) is 46.6 Å². The predicted molar refractivity (Wildman–Crippen MR) is 67.7 cm³/mol. The monoisotopic (exact) mass is 317 g/mol. The van der Waals surface area contributed by atoms with Gasteiger partial charge in [0.15, 0.2) is 0 Å². The minimum Gasteiger partial charge on any atom is -0.465 e. The van der Waals surface area contributed by atoms with Crippen LogP contribution < -0.4 is 0 Å². The van der Waals surface area contributed by atoms with Gasteiger partial charge in [-0.25, -0.2) is 4.39 Å². The molecule has 18 heavy (non-hydrogen) atoms. The summed E-state index contributed by atoms with van der Waals surface area (Å²) in [5.41, 5.74) is -0.0787. The minimum atomic E-state index is -0.634. The lowest BCUT2D eigenvalue weighted by Crippen LogP contribution is -2.33. The number of nitrogens with zero attached hydrogens (tertiary/aromatic N) is 1. The first kappa shape index (κ1) is 14.6. The van der Waals surface area contributed by atoms with Crippen LogP contribution in [0.25, 0.3) is 0 Å². The molecule has 0 radical (unpaired) electrons. The van der Waals surface area contributed by atoms with Crippen LogP contribution in [0.15, 0.2) is 22.7 Å². The fourth-order valence-corrected chi connectivity index (χ4v) is 1.67. The molecule has 1 aromatic rings. The molecule has 0 aliphatic heterocycles. The number of ether oxygens (including phenoxy) is 1. The van der Waals surface area contributed by atoms with Crippen molar-refractivity contribution in [1.82, 2.24) is 4.90 Å². The van der Waals surface area contributed by atoms with Crippen LogP contribution in [0.5, 0.6) is 0 Å². The van der Waals surface area contributed by atoms with E-state index in [-0.39, 0.29) is 18.7 Å². The Morgan fingerprint density at radius 1 is 1.44 bits per heavy atom. The molecule has 1 amide bonds. The smallest absolute Gasteiger partial charge is 0.325 e. The maximum atomic E-state index is 13.6. The number of carbonyl (C=O) groups is 2. The molecular formula is C12H13BrFNO3. The predicted octanol–water partition coefficient (Wildman–Crippen LogP) is 2.22. The van der Waals surface area contributed by atoms with Crippen LogP contribution in [0.3, 0.4) is 0 Å². The van der Waals surface area contributed by atoms with Gasteiger partial charge in [0.1, 0.15) is 12.4 Å². The van der Waals surface area contributed by atoms with Gasteiger partial charge in [-0.1, -0.05) is 15.9 Å². The van der Waals surface area contributed by atoms with Crippen molar-refractivity contribution in [3.05, 3.63) is 34.1 Å². The molecule has 0 aliphatic rings. The number of halogens is 2. The van der Waals surface area contributed by atoms with Gasteiger partial charge in [-0.2, -0.15) is 0 Å². The molecule has 0 spiro atoms. The van der Waals surface area contributed by atoms with E-state index in [1.807, 2.05) is 0 Å². The minimum absolute atomic E-state index is 0.0787. The van der Waals surface area contributed by atoms with Gasteiger partial charge in [-0.3, -0.25) is 9.59 Å². The Balaban J connectivity index is 2.77. The van der Waals surface area contributed by atoms with Crippen molar-refractivity contribution >= 4 is 27.8 Å². The number of hydrogen-bond donors (Lipinski definition) is 0. The molecule has 6 heteroatoms. The Hall–Kier alpha value is -1.43. The van der Waals surface area contributed by atoms with E-state index in [4.69, 9.17) is 4.74 Å². The van der Waals surface area contributed by atoms with Crippen LogP contribution >= 0.6 is 15.9 Å². The van der Waals surface area contributed by atoms with Crippen LogP contribution in [0.2, 0.25) is 0 Å². The lowest BCUT2D eigenvalue weighted by molar-refractivity contribution is -0.143. The van der Waals surface area contributed by atoms with Crippen LogP contribution in [0.4, 0.5) is 4.39 Å². The Bertz CT molecular complexity index is 465. The third-order valence-electron chi connectivity index (χ3n) is 2.18. The Kier molecular flexibility index (Phi) is 5.27. The fourth-order valence-electron chi connectivity index (χ4n) is 1.34. The molecule has 0 unspecified atom stereocenters. The largest absolute Gasteiger partial charge is 0.465 e. The summed E-state index contributed by atoms with van der Waals surface area (Å²) in [6.45, 7) is 1.71. The highest BCUT2D eigenvalue weighted by Crippen LogP contribution is 2.16. The SMILES string of the molecule is CCOC(=O)CN(C)C(=O)c1ccc(Br)cc1F. The van der Waals surface area contributed by atoms with Crippen molar-refractivity contribution in [2.45, 2.75) is 6.92 Å². The van der Waals surface area contributed by atoms with E-state index < -0.39 is 17.7 Å². The summed E-state index contributed by atoms with van der Waals surface area (Å²) in [4.78, 5) is 24.2. The van der Waals surface area contributed by atoms with Gasteiger partial charge >= 0.3 is 5.97 Å². The summed E-state index contributed by atoms with van der Waals surface area (Å²) in [7, 11) is 1.42. The summed E-state index contributed by atoms with van der Waals surface area (Å²) in [6.07, 6.45) is 0. The van der Waals surface area contributed by atoms with Crippen LogP contribution in [0.1, 0.15) is 17.3 Å². The number of carbonyl (C=O) groups excluding carboxylic acids is 2. The van der Waals surface area contributed by atoms with Gasteiger partial charge < -0.3 is 9.64 Å². The second kappa shape index (κ2) is 6.49. The zero-order chi connectivity index (χ0) is 13.7. The van der Waals surface area contributed by atoms with Gasteiger partial charge in [0.2, 0.25) is 0 Å². The van der Waals surface area contributed by atoms with Crippen LogP contribution in [0, 0.1) is 5.82 Å². The summed E-state index contributed by atoms with van der Waals surface area (Å²) >= 11 is 3.10. The first-order chi connectivity index (χ1) is 8.45. The molecule has 4 nitrogen and oxygen atoms in total. The van der Waals surface area contributed by atoms with Crippen LogP contribution in [-0.4, -0.2) is 37.0 Å². The molecule has 1 aromatic carbocycles. The van der Waals surface area contributed by atoms with Crippen molar-refractivity contribution in [3.8, 4) is 0 Å². The molecule has 0 heterocycles. The van der Waals surface area contributed by atoms with Crippen LogP contribution in [-0.2, 0) is 9.53 Å². The van der Waals surface area contributed by atoms with E-state index in [2.05, 4.69) is 15.9 Å². The number of esters is 1. The highest BCUT2D eigenvalue weighted by atomic mass is 79.9. The Labute approximate surface area is 113 Å². The highest BCUT2D eigenvalue weighted by molar-refractivity contribution is 9.10. The zero-order valence-corrected chi connectivity index (χ0v) is 11.7. The third kappa shape index (κ3) is 3.80. The molecule has 0 aromatic heterocycles. The molecular weight excluding hydrogens is 305 g/mol. The third-order valence-corrected chi connectivity index (χ3v) is 2.67. The maximum absolute atomic E-state index is 13.6. The van der Waals surface area contributed by atoms with E-state index in [0.29, 0.717) is 4.47 Å². The molecule has 0 saturated heterocycles. The van der Waals surface area contributed by atoms with Gasteiger partial charge in [0, 0.05) is 11.5 Å². The van der Waals surface area contributed by atoms with Crippen molar-refractivity contribution in [2.75, 3.05) is 20.2 Å². The number of rotatable bonds is 4. The molecule has 0 atom stereocenters. The maximum Gasteiger partial charge on any atom is 0.325 e. The van der Waals surface area contributed by atoms with Gasteiger partial charge in [0.25, 0.3) is 5.91 Å². The fraction of sp³-hybridized carbons (Fsp3) is 0.333. The van der Waals surface area contributed by atoms with E-state index in [9.17, 15) is 14.0 Å². The normalized spacial score (nSPS) is 10.0. The molecule has 0 fully saturated rings.